The van der Waals surface area contributed by atoms with Gasteiger partial charge in [-0.1, -0.05) is 18.2 Å². The van der Waals surface area contributed by atoms with E-state index in [4.69, 9.17) is 28.4 Å². The van der Waals surface area contributed by atoms with Crippen LogP contribution in [0.25, 0.3) is 0 Å². The predicted octanol–water partition coefficient (Wildman–Crippen LogP) is 3.50. The molecule has 3 rings (SSSR count). The molecule has 2 unspecified atom stereocenters. The minimum Gasteiger partial charge on any atom is -0.497 e. The van der Waals surface area contributed by atoms with Gasteiger partial charge in [0.25, 0.3) is 0 Å². The number of ether oxygens (including phenoxy) is 6. The van der Waals surface area contributed by atoms with Gasteiger partial charge in [0.1, 0.15) is 23.0 Å². The molecule has 3 aromatic carbocycles. The Morgan fingerprint density at radius 2 is 1.16 bits per heavy atom. The van der Waals surface area contributed by atoms with Crippen LogP contribution in [0.5, 0.6) is 34.5 Å². The molecule has 0 aliphatic carbocycles. The standard InChI is InChI=1S/C33H42N2O9/c1-39-24-10-7-21(28(18-24)42-4)13-15-34-31(36)20-26(32(37)23-9-12-27(41-3)30(17-23)44-6)33(38)35-16-14-22-8-11-25(40-2)19-29(22)43-5/h7-12,17-19,26,32,37H,13-16,20H2,1-6H3,(H,34,36)(H,35,38). The van der Waals surface area contributed by atoms with E-state index < -0.39 is 17.9 Å². The Morgan fingerprint density at radius 1 is 0.636 bits per heavy atom. The van der Waals surface area contributed by atoms with Crippen LogP contribution in [0, 0.1) is 5.92 Å². The Morgan fingerprint density at radius 3 is 1.66 bits per heavy atom. The summed E-state index contributed by atoms with van der Waals surface area (Å²) in [6.45, 7) is 0.565. The topological polar surface area (TPSA) is 134 Å². The molecule has 3 aromatic rings. The Balaban J connectivity index is 1.72. The van der Waals surface area contributed by atoms with Crippen LogP contribution < -0.4 is 39.1 Å². The van der Waals surface area contributed by atoms with Crippen molar-refractivity contribution in [3.05, 3.63) is 71.3 Å². The lowest BCUT2D eigenvalue weighted by Crippen LogP contribution is -2.39. The second-order valence-corrected chi connectivity index (χ2v) is 9.87. The van der Waals surface area contributed by atoms with Crippen molar-refractivity contribution in [3.8, 4) is 34.5 Å². The highest BCUT2D eigenvalue weighted by Crippen LogP contribution is 2.33. The lowest BCUT2D eigenvalue weighted by Gasteiger charge is -2.23. The van der Waals surface area contributed by atoms with Crippen molar-refractivity contribution in [2.45, 2.75) is 25.4 Å². The summed E-state index contributed by atoms with van der Waals surface area (Å²) in [5, 5.41) is 17.1. The third-order valence-electron chi connectivity index (χ3n) is 7.27. The van der Waals surface area contributed by atoms with Crippen LogP contribution in [0.15, 0.2) is 54.6 Å². The molecule has 238 valence electrons. The average molecular weight is 611 g/mol. The Labute approximate surface area is 258 Å². The molecule has 0 bridgehead atoms. The fourth-order valence-corrected chi connectivity index (χ4v) is 4.79. The van der Waals surface area contributed by atoms with E-state index in [1.807, 2.05) is 24.3 Å². The zero-order chi connectivity index (χ0) is 32.1. The highest BCUT2D eigenvalue weighted by atomic mass is 16.5. The minimum absolute atomic E-state index is 0.243. The molecule has 44 heavy (non-hydrogen) atoms. The summed E-state index contributed by atoms with van der Waals surface area (Å²) in [4.78, 5) is 26.5. The lowest BCUT2D eigenvalue weighted by molar-refractivity contribution is -0.134. The molecule has 0 aromatic heterocycles. The van der Waals surface area contributed by atoms with Crippen molar-refractivity contribution in [3.63, 3.8) is 0 Å². The van der Waals surface area contributed by atoms with Gasteiger partial charge in [0.05, 0.1) is 54.7 Å². The van der Waals surface area contributed by atoms with Gasteiger partial charge in [-0.3, -0.25) is 9.59 Å². The number of benzene rings is 3. The smallest absolute Gasteiger partial charge is 0.226 e. The number of hydrogen-bond acceptors (Lipinski definition) is 9. The molecule has 3 N–H and O–H groups in total. The SMILES string of the molecule is COc1ccc(CCNC(=O)CC(C(=O)NCCc2ccc(OC)cc2OC)C(O)c2ccc(OC)c(OC)c2)c(OC)c1. The molecule has 2 amide bonds. The Hall–Kier alpha value is -4.64. The number of amides is 2. The lowest BCUT2D eigenvalue weighted by atomic mass is 9.91. The maximum atomic E-state index is 13.5. The van der Waals surface area contributed by atoms with Gasteiger partial charge in [-0.2, -0.15) is 0 Å². The zero-order valence-electron chi connectivity index (χ0n) is 26.1. The molecular formula is C33H42N2O9. The largest absolute Gasteiger partial charge is 0.497 e. The molecule has 0 heterocycles. The molecule has 0 aliphatic rings. The highest BCUT2D eigenvalue weighted by molar-refractivity contribution is 5.86. The summed E-state index contributed by atoms with van der Waals surface area (Å²) < 4.78 is 32.1. The van der Waals surface area contributed by atoms with Gasteiger partial charge in [0.15, 0.2) is 11.5 Å². The maximum Gasteiger partial charge on any atom is 0.226 e. The van der Waals surface area contributed by atoms with Gasteiger partial charge in [0.2, 0.25) is 11.8 Å². The van der Waals surface area contributed by atoms with Gasteiger partial charge in [-0.15, -0.1) is 0 Å². The van der Waals surface area contributed by atoms with E-state index in [2.05, 4.69) is 10.6 Å². The monoisotopic (exact) mass is 610 g/mol. The van der Waals surface area contributed by atoms with E-state index in [0.717, 1.165) is 11.1 Å². The number of hydrogen-bond donors (Lipinski definition) is 3. The molecule has 11 nitrogen and oxygen atoms in total. The number of aliphatic hydroxyl groups is 1. The van der Waals surface area contributed by atoms with Crippen LogP contribution in [-0.4, -0.2) is 72.7 Å². The number of aliphatic hydroxyl groups excluding tert-OH is 1. The van der Waals surface area contributed by atoms with E-state index in [9.17, 15) is 14.7 Å². The summed E-state index contributed by atoms with van der Waals surface area (Å²) in [5.41, 5.74) is 2.18. The van der Waals surface area contributed by atoms with Crippen LogP contribution >= 0.6 is 0 Å². The molecule has 0 aliphatic heterocycles. The van der Waals surface area contributed by atoms with E-state index >= 15 is 0 Å². The van der Waals surface area contributed by atoms with Crippen LogP contribution in [0.2, 0.25) is 0 Å². The highest BCUT2D eigenvalue weighted by Gasteiger charge is 2.31. The first kappa shape index (κ1) is 33.9. The van der Waals surface area contributed by atoms with Gasteiger partial charge < -0.3 is 44.2 Å². The molecule has 11 heteroatoms. The summed E-state index contributed by atoms with van der Waals surface area (Å²) >= 11 is 0. The Bertz CT molecular complexity index is 1400. The van der Waals surface area contributed by atoms with Gasteiger partial charge in [-0.25, -0.2) is 0 Å². The fourth-order valence-electron chi connectivity index (χ4n) is 4.79. The van der Waals surface area contributed by atoms with Crippen molar-refractivity contribution in [1.29, 1.82) is 0 Å². The van der Waals surface area contributed by atoms with Gasteiger partial charge in [0, 0.05) is 31.6 Å². The molecule has 2 atom stereocenters. The summed E-state index contributed by atoms with van der Waals surface area (Å²) in [6.07, 6.45) is -0.573. The van der Waals surface area contributed by atoms with Crippen molar-refractivity contribution in [2.24, 2.45) is 5.92 Å². The first-order valence-corrected chi connectivity index (χ1v) is 14.1. The third-order valence-corrected chi connectivity index (χ3v) is 7.27. The van der Waals surface area contributed by atoms with Gasteiger partial charge >= 0.3 is 0 Å². The van der Waals surface area contributed by atoms with Gasteiger partial charge in [-0.05, 0) is 53.8 Å². The van der Waals surface area contributed by atoms with E-state index in [1.54, 1.807) is 58.8 Å². The molecule has 0 spiro atoms. The molecule has 0 saturated heterocycles. The van der Waals surface area contributed by atoms with E-state index in [0.29, 0.717) is 59.4 Å². The fraction of sp³-hybridized carbons (Fsp3) is 0.394. The quantitative estimate of drug-likeness (QED) is 0.210. The number of nitrogens with one attached hydrogen (secondary N) is 2. The summed E-state index contributed by atoms with van der Waals surface area (Å²) in [6, 6.07) is 15.8. The van der Waals surface area contributed by atoms with Crippen LogP contribution in [0.1, 0.15) is 29.2 Å². The minimum atomic E-state index is -1.29. The van der Waals surface area contributed by atoms with Crippen LogP contribution in [0.4, 0.5) is 0 Å². The Kier molecular flexibility index (Phi) is 13.0. The van der Waals surface area contributed by atoms with Crippen LogP contribution in [-0.2, 0) is 22.4 Å². The number of carbonyl (C=O) groups excluding carboxylic acids is 2. The zero-order valence-corrected chi connectivity index (χ0v) is 26.1. The number of methoxy groups -OCH3 is 6. The van der Waals surface area contributed by atoms with Crippen molar-refractivity contribution in [1.82, 2.24) is 10.6 Å². The van der Waals surface area contributed by atoms with E-state index in [1.165, 1.54) is 14.2 Å². The van der Waals surface area contributed by atoms with E-state index in [-0.39, 0.29) is 18.9 Å². The second-order valence-electron chi connectivity index (χ2n) is 9.87. The molecule has 0 saturated carbocycles. The summed E-state index contributed by atoms with van der Waals surface area (Å²) in [7, 11) is 9.28. The normalized spacial score (nSPS) is 12.0. The number of rotatable bonds is 17. The molecule has 0 radical (unpaired) electrons. The summed E-state index contributed by atoms with van der Waals surface area (Å²) in [5.74, 6) is 1.54. The molecular weight excluding hydrogens is 568 g/mol. The molecule has 0 fully saturated rings. The predicted molar refractivity (Wildman–Crippen MR) is 165 cm³/mol. The van der Waals surface area contributed by atoms with Crippen LogP contribution in [0.3, 0.4) is 0 Å². The van der Waals surface area contributed by atoms with Crippen molar-refractivity contribution in [2.75, 3.05) is 55.7 Å². The first-order valence-electron chi connectivity index (χ1n) is 14.1. The average Bonchev–Trinajstić information content (AvgIpc) is 3.06. The maximum absolute atomic E-state index is 13.5. The third kappa shape index (κ3) is 8.93. The van der Waals surface area contributed by atoms with Crippen molar-refractivity contribution >= 4 is 11.8 Å². The number of carbonyl (C=O) groups is 2. The van der Waals surface area contributed by atoms with Crippen molar-refractivity contribution < 1.29 is 43.1 Å². The first-order chi connectivity index (χ1) is 21.3. The second kappa shape index (κ2) is 16.9.